The van der Waals surface area contributed by atoms with Gasteiger partial charge in [-0.1, -0.05) is 24.3 Å². The summed E-state index contributed by atoms with van der Waals surface area (Å²) in [6.45, 7) is 4.36. The molecule has 1 amide bonds. The number of H-pyrrole nitrogens is 1. The summed E-state index contributed by atoms with van der Waals surface area (Å²) in [5.74, 6) is 1.48. The summed E-state index contributed by atoms with van der Waals surface area (Å²) in [7, 11) is 4.07. The van der Waals surface area contributed by atoms with Crippen molar-refractivity contribution >= 4 is 18.1 Å². The van der Waals surface area contributed by atoms with Crippen molar-refractivity contribution in [2.75, 3.05) is 20.7 Å². The van der Waals surface area contributed by atoms with Gasteiger partial charge in [0.05, 0.1) is 6.61 Å². The summed E-state index contributed by atoms with van der Waals surface area (Å²) in [4.78, 5) is 14.6. The number of aromatic amines is 1. The summed E-state index contributed by atoms with van der Waals surface area (Å²) in [5.41, 5.74) is 3.25. The minimum atomic E-state index is -0.0274. The zero-order chi connectivity index (χ0) is 22.2. The quantitative estimate of drug-likeness (QED) is 0.470. The number of aromatic nitrogens is 3. The lowest BCUT2D eigenvalue weighted by Crippen LogP contribution is -2.25. The number of benzene rings is 2. The first kappa shape index (κ1) is 22.7. The Morgan fingerprint density at radius 3 is 2.55 bits per heavy atom. The number of rotatable bonds is 10. The van der Waals surface area contributed by atoms with Crippen LogP contribution in [-0.4, -0.2) is 46.3 Å². The van der Waals surface area contributed by atoms with Gasteiger partial charge in [-0.2, -0.15) is 5.10 Å². The molecule has 164 valence electrons. The van der Waals surface area contributed by atoms with Crippen molar-refractivity contribution in [3.63, 3.8) is 0 Å². The van der Waals surface area contributed by atoms with Crippen molar-refractivity contribution in [3.05, 3.63) is 64.4 Å². The van der Waals surface area contributed by atoms with E-state index in [4.69, 9.17) is 17.0 Å². The molecular formula is C23H29N5O2S. The van der Waals surface area contributed by atoms with Gasteiger partial charge >= 0.3 is 0 Å². The molecule has 1 heterocycles. The number of amides is 1. The average Bonchev–Trinajstić information content (AvgIpc) is 3.12. The maximum Gasteiger partial charge on any atom is 0.222 e. The summed E-state index contributed by atoms with van der Waals surface area (Å²) in [5, 5.41) is 10.2. The van der Waals surface area contributed by atoms with E-state index in [1.165, 1.54) is 5.56 Å². The topological polar surface area (TPSA) is 75.2 Å². The normalized spacial score (nSPS) is 11.0. The lowest BCUT2D eigenvalue weighted by Gasteiger charge is -2.15. The highest BCUT2D eigenvalue weighted by molar-refractivity contribution is 7.71. The molecule has 0 saturated carbocycles. The van der Waals surface area contributed by atoms with E-state index < -0.39 is 0 Å². The molecular weight excluding hydrogens is 410 g/mol. The molecule has 0 radical (unpaired) electrons. The standard InChI is InChI=1S/C23H29N5O2S/c1-4-30-20-11-9-17(10-12-20)22-25-26-23(31)28(22)14-13-21(29)24-15-18-7-5-6-8-19(18)16-27(2)3/h5-12H,4,13-16H2,1-3H3,(H,24,29)(H,26,31). The van der Waals surface area contributed by atoms with Crippen LogP contribution in [0.2, 0.25) is 0 Å². The smallest absolute Gasteiger partial charge is 0.222 e. The van der Waals surface area contributed by atoms with E-state index in [2.05, 4.69) is 32.5 Å². The van der Waals surface area contributed by atoms with Crippen LogP contribution in [0.15, 0.2) is 48.5 Å². The largest absolute Gasteiger partial charge is 0.494 e. The van der Waals surface area contributed by atoms with Gasteiger partial charge in [0, 0.05) is 31.6 Å². The van der Waals surface area contributed by atoms with Gasteiger partial charge in [-0.25, -0.2) is 0 Å². The van der Waals surface area contributed by atoms with Gasteiger partial charge in [-0.3, -0.25) is 14.5 Å². The number of hydrogen-bond acceptors (Lipinski definition) is 5. The summed E-state index contributed by atoms with van der Waals surface area (Å²) in [6.07, 6.45) is 0.313. The van der Waals surface area contributed by atoms with Crippen molar-refractivity contribution in [3.8, 4) is 17.1 Å². The maximum absolute atomic E-state index is 12.5. The van der Waals surface area contributed by atoms with E-state index in [1.54, 1.807) is 0 Å². The summed E-state index contributed by atoms with van der Waals surface area (Å²) >= 11 is 5.37. The third-order valence-corrected chi connectivity index (χ3v) is 5.14. The number of hydrogen-bond donors (Lipinski definition) is 2. The van der Waals surface area contributed by atoms with E-state index in [0.717, 1.165) is 23.4 Å². The zero-order valence-corrected chi connectivity index (χ0v) is 19.0. The predicted octanol–water partition coefficient (Wildman–Crippen LogP) is 3.77. The van der Waals surface area contributed by atoms with Crippen molar-refractivity contribution in [1.82, 2.24) is 25.0 Å². The predicted molar refractivity (Wildman–Crippen MR) is 124 cm³/mol. The molecule has 0 spiro atoms. The molecule has 0 bridgehead atoms. The summed E-state index contributed by atoms with van der Waals surface area (Å²) < 4.78 is 7.84. The third kappa shape index (κ3) is 6.26. The molecule has 0 atom stereocenters. The number of nitrogens with zero attached hydrogens (tertiary/aromatic N) is 3. The van der Waals surface area contributed by atoms with Crippen LogP contribution in [-0.2, 0) is 24.4 Å². The van der Waals surface area contributed by atoms with Gasteiger partial charge in [0.2, 0.25) is 5.91 Å². The first-order valence-electron chi connectivity index (χ1n) is 10.3. The van der Waals surface area contributed by atoms with E-state index in [0.29, 0.717) is 36.7 Å². The van der Waals surface area contributed by atoms with Crippen LogP contribution >= 0.6 is 12.2 Å². The average molecular weight is 440 g/mol. The van der Waals surface area contributed by atoms with Crippen LogP contribution in [0, 0.1) is 4.77 Å². The van der Waals surface area contributed by atoms with E-state index in [-0.39, 0.29) is 5.91 Å². The van der Waals surface area contributed by atoms with Crippen molar-refractivity contribution in [1.29, 1.82) is 0 Å². The van der Waals surface area contributed by atoms with Gasteiger partial charge in [-0.15, -0.1) is 0 Å². The van der Waals surface area contributed by atoms with Crippen LogP contribution in [0.3, 0.4) is 0 Å². The number of nitrogens with one attached hydrogen (secondary N) is 2. The Kier molecular flexibility index (Phi) is 7.97. The molecule has 31 heavy (non-hydrogen) atoms. The lowest BCUT2D eigenvalue weighted by atomic mass is 10.1. The molecule has 0 saturated heterocycles. The molecule has 0 unspecified atom stereocenters. The van der Waals surface area contributed by atoms with Crippen LogP contribution in [0.4, 0.5) is 0 Å². The second-order valence-electron chi connectivity index (χ2n) is 7.49. The molecule has 0 aliphatic carbocycles. The Morgan fingerprint density at radius 1 is 1.16 bits per heavy atom. The molecule has 2 aromatic carbocycles. The van der Waals surface area contributed by atoms with E-state index in [1.807, 2.05) is 62.0 Å². The SMILES string of the molecule is CCOc1ccc(-c2n[nH]c(=S)n2CCC(=O)NCc2ccccc2CN(C)C)cc1. The number of carbonyl (C=O) groups is 1. The fourth-order valence-electron chi connectivity index (χ4n) is 3.33. The molecule has 1 aromatic heterocycles. The van der Waals surface area contributed by atoms with Gasteiger partial charge in [0.15, 0.2) is 10.6 Å². The van der Waals surface area contributed by atoms with Crippen LogP contribution in [0.1, 0.15) is 24.5 Å². The lowest BCUT2D eigenvalue weighted by molar-refractivity contribution is -0.121. The molecule has 3 aromatic rings. The van der Waals surface area contributed by atoms with Gasteiger partial charge in [0.25, 0.3) is 0 Å². The molecule has 3 rings (SSSR count). The molecule has 0 aliphatic rings. The fourth-order valence-corrected chi connectivity index (χ4v) is 3.56. The first-order valence-corrected chi connectivity index (χ1v) is 10.8. The molecule has 0 fully saturated rings. The van der Waals surface area contributed by atoms with Crippen molar-refractivity contribution in [2.24, 2.45) is 0 Å². The monoisotopic (exact) mass is 439 g/mol. The van der Waals surface area contributed by atoms with Gasteiger partial charge < -0.3 is 15.0 Å². The molecule has 0 aliphatic heterocycles. The molecule has 7 nitrogen and oxygen atoms in total. The number of ether oxygens (including phenoxy) is 1. The Bertz CT molecular complexity index is 1060. The Morgan fingerprint density at radius 2 is 1.87 bits per heavy atom. The number of carbonyl (C=O) groups excluding carboxylic acids is 1. The van der Waals surface area contributed by atoms with Crippen LogP contribution in [0.25, 0.3) is 11.4 Å². The minimum absolute atomic E-state index is 0.0274. The van der Waals surface area contributed by atoms with E-state index in [9.17, 15) is 4.79 Å². The van der Waals surface area contributed by atoms with Crippen molar-refractivity contribution < 1.29 is 9.53 Å². The summed E-state index contributed by atoms with van der Waals surface area (Å²) in [6, 6.07) is 15.8. The highest BCUT2D eigenvalue weighted by Gasteiger charge is 2.12. The minimum Gasteiger partial charge on any atom is -0.494 e. The fraction of sp³-hybridized carbons (Fsp3) is 0.348. The zero-order valence-electron chi connectivity index (χ0n) is 18.2. The first-order chi connectivity index (χ1) is 15.0. The van der Waals surface area contributed by atoms with Crippen LogP contribution < -0.4 is 10.1 Å². The molecule has 8 heteroatoms. The molecule has 2 N–H and O–H groups in total. The Balaban J connectivity index is 1.61. The van der Waals surface area contributed by atoms with Gasteiger partial charge in [0.1, 0.15) is 5.75 Å². The second kappa shape index (κ2) is 10.9. The Hall–Kier alpha value is -2.97. The van der Waals surface area contributed by atoms with Crippen LogP contribution in [0.5, 0.6) is 5.75 Å². The highest BCUT2D eigenvalue weighted by atomic mass is 32.1. The second-order valence-corrected chi connectivity index (χ2v) is 7.88. The van der Waals surface area contributed by atoms with E-state index >= 15 is 0 Å². The van der Waals surface area contributed by atoms with Crippen molar-refractivity contribution in [2.45, 2.75) is 33.0 Å². The Labute approximate surface area is 188 Å². The highest BCUT2D eigenvalue weighted by Crippen LogP contribution is 2.21. The third-order valence-electron chi connectivity index (χ3n) is 4.83. The maximum atomic E-state index is 12.5. The van der Waals surface area contributed by atoms with Gasteiger partial charge in [-0.05, 0) is 68.6 Å².